The van der Waals surface area contributed by atoms with Gasteiger partial charge in [0.1, 0.15) is 17.2 Å². The Morgan fingerprint density at radius 2 is 1.86 bits per heavy atom. The van der Waals surface area contributed by atoms with Crippen LogP contribution in [0, 0.1) is 10.1 Å². The molecule has 154 valence electrons. The first kappa shape index (κ1) is 21.7. The molecule has 29 heavy (non-hydrogen) atoms. The van der Waals surface area contributed by atoms with Crippen LogP contribution in [0.4, 0.5) is 11.4 Å². The normalized spacial score (nSPS) is 11.2. The van der Waals surface area contributed by atoms with Gasteiger partial charge in [-0.05, 0) is 37.6 Å². The zero-order chi connectivity index (χ0) is 21.2. The molecule has 0 fully saturated rings. The summed E-state index contributed by atoms with van der Waals surface area (Å²) in [4.78, 5) is 34.7. The molecule has 0 saturated carbocycles. The number of rotatable bonds is 10. The highest BCUT2D eigenvalue weighted by Gasteiger charge is 2.22. The van der Waals surface area contributed by atoms with Gasteiger partial charge in [0.15, 0.2) is 6.10 Å². The zero-order valence-electron chi connectivity index (χ0n) is 16.1. The van der Waals surface area contributed by atoms with E-state index in [1.807, 2.05) is 30.3 Å². The molecule has 1 amide bonds. The summed E-state index contributed by atoms with van der Waals surface area (Å²) in [5.74, 6) is -0.248. The Labute approximate surface area is 167 Å². The highest BCUT2D eigenvalue weighted by atomic mass is 16.6. The zero-order valence-corrected chi connectivity index (χ0v) is 16.1. The van der Waals surface area contributed by atoms with Crippen LogP contribution in [-0.2, 0) is 14.3 Å². The Morgan fingerprint density at radius 1 is 1.14 bits per heavy atom. The van der Waals surface area contributed by atoms with E-state index in [1.54, 1.807) is 0 Å². The number of nitro benzene ring substituents is 1. The van der Waals surface area contributed by atoms with Gasteiger partial charge < -0.3 is 19.5 Å². The van der Waals surface area contributed by atoms with E-state index in [-0.39, 0.29) is 23.5 Å². The van der Waals surface area contributed by atoms with E-state index in [0.29, 0.717) is 18.8 Å². The van der Waals surface area contributed by atoms with Crippen molar-refractivity contribution in [2.24, 2.45) is 0 Å². The third-order valence-electron chi connectivity index (χ3n) is 3.87. The van der Waals surface area contributed by atoms with Crippen molar-refractivity contribution < 1.29 is 28.7 Å². The molecule has 0 aliphatic carbocycles. The molecule has 0 aromatic heterocycles. The molecule has 1 atom stereocenters. The number of carbonyl (C=O) groups excluding carboxylic acids is 2. The second-order valence-corrected chi connectivity index (χ2v) is 6.03. The Hall–Kier alpha value is -3.62. The molecule has 0 aliphatic heterocycles. The maximum atomic E-state index is 12.2. The molecule has 0 radical (unpaired) electrons. The molecule has 0 saturated heterocycles. The monoisotopic (exact) mass is 402 g/mol. The number of nitrogens with zero attached hydrogens (tertiary/aromatic N) is 1. The smallest absolute Gasteiger partial charge is 0.306 e. The maximum Gasteiger partial charge on any atom is 0.306 e. The van der Waals surface area contributed by atoms with Crippen LogP contribution in [0.15, 0.2) is 48.5 Å². The average molecular weight is 402 g/mol. The van der Waals surface area contributed by atoms with Crippen LogP contribution in [0.2, 0.25) is 0 Å². The Kier molecular flexibility index (Phi) is 7.96. The second kappa shape index (κ2) is 10.6. The lowest BCUT2D eigenvalue weighted by Crippen LogP contribution is -2.30. The number of para-hydroxylation sites is 1. The molecule has 0 bridgehead atoms. The molecule has 2 aromatic carbocycles. The number of methoxy groups -OCH3 is 1. The highest BCUT2D eigenvalue weighted by molar-refractivity contribution is 5.97. The number of anilines is 1. The molecule has 9 heteroatoms. The summed E-state index contributed by atoms with van der Waals surface area (Å²) in [5, 5.41) is 13.6. The first-order valence-electron chi connectivity index (χ1n) is 8.91. The van der Waals surface area contributed by atoms with Crippen molar-refractivity contribution in [3.63, 3.8) is 0 Å². The summed E-state index contributed by atoms with van der Waals surface area (Å²) in [5.41, 5.74) is -0.339. The average Bonchev–Trinajstić information content (AvgIpc) is 2.72. The van der Waals surface area contributed by atoms with Gasteiger partial charge in [0.2, 0.25) is 0 Å². The lowest BCUT2D eigenvalue weighted by atomic mass is 10.2. The first-order chi connectivity index (χ1) is 13.9. The summed E-state index contributed by atoms with van der Waals surface area (Å²) < 4.78 is 15.5. The minimum absolute atomic E-state index is 0.0139. The molecule has 2 rings (SSSR count). The summed E-state index contributed by atoms with van der Waals surface area (Å²) in [6.45, 7) is 1.72. The molecular weight excluding hydrogens is 380 g/mol. The molecule has 0 heterocycles. The van der Waals surface area contributed by atoms with E-state index < -0.39 is 22.9 Å². The van der Waals surface area contributed by atoms with Crippen molar-refractivity contribution >= 4 is 23.3 Å². The van der Waals surface area contributed by atoms with Gasteiger partial charge in [-0.2, -0.15) is 0 Å². The third kappa shape index (κ3) is 6.80. The lowest BCUT2D eigenvalue weighted by molar-refractivity contribution is -0.384. The van der Waals surface area contributed by atoms with Crippen LogP contribution in [0.5, 0.6) is 11.5 Å². The lowest BCUT2D eigenvalue weighted by Gasteiger charge is -2.14. The maximum absolute atomic E-state index is 12.2. The van der Waals surface area contributed by atoms with E-state index >= 15 is 0 Å². The summed E-state index contributed by atoms with van der Waals surface area (Å²) in [7, 11) is 1.38. The van der Waals surface area contributed by atoms with Gasteiger partial charge in [0.25, 0.3) is 11.6 Å². The summed E-state index contributed by atoms with van der Waals surface area (Å²) in [6, 6.07) is 13.2. The summed E-state index contributed by atoms with van der Waals surface area (Å²) in [6.07, 6.45) is -0.613. The number of nitro groups is 1. The molecule has 9 nitrogen and oxygen atoms in total. The summed E-state index contributed by atoms with van der Waals surface area (Å²) >= 11 is 0. The molecule has 0 spiro atoms. The molecule has 2 aromatic rings. The Bertz CT molecular complexity index is 855. The van der Waals surface area contributed by atoms with Crippen LogP contribution < -0.4 is 14.8 Å². The number of ether oxygens (including phenoxy) is 3. The van der Waals surface area contributed by atoms with Crippen LogP contribution in [0.1, 0.15) is 19.8 Å². The fraction of sp³-hybridized carbons (Fsp3) is 0.300. The van der Waals surface area contributed by atoms with Gasteiger partial charge in [-0.3, -0.25) is 19.7 Å². The number of amides is 1. The van der Waals surface area contributed by atoms with E-state index in [9.17, 15) is 19.7 Å². The Morgan fingerprint density at radius 3 is 2.52 bits per heavy atom. The number of nitrogens with one attached hydrogen (secondary N) is 1. The van der Waals surface area contributed by atoms with Crippen LogP contribution in [0.25, 0.3) is 0 Å². The fourth-order valence-corrected chi connectivity index (χ4v) is 2.36. The van der Waals surface area contributed by atoms with Gasteiger partial charge in [-0.25, -0.2) is 0 Å². The molecule has 0 aliphatic rings. The van der Waals surface area contributed by atoms with Crippen molar-refractivity contribution in [2.45, 2.75) is 25.9 Å². The topological polar surface area (TPSA) is 117 Å². The standard InChI is InChI=1S/C20H22N2O7/c1-14(29-19(23)9-6-12-28-15-7-4-3-5-8-15)20(24)21-17-11-10-16(27-2)13-18(17)22(25)26/h3-5,7-8,10-11,13-14H,6,9,12H2,1-2H3,(H,21,24)/t14-/m1/s1. The van der Waals surface area contributed by atoms with Crippen molar-refractivity contribution in [2.75, 3.05) is 19.0 Å². The minimum atomic E-state index is -1.11. The fourth-order valence-electron chi connectivity index (χ4n) is 2.36. The highest BCUT2D eigenvalue weighted by Crippen LogP contribution is 2.29. The molecule has 1 N–H and O–H groups in total. The van der Waals surface area contributed by atoms with Gasteiger partial charge in [0, 0.05) is 6.42 Å². The Balaban J connectivity index is 1.81. The van der Waals surface area contributed by atoms with Gasteiger partial charge in [0.05, 0.1) is 24.7 Å². The number of hydrogen-bond donors (Lipinski definition) is 1. The molecule has 0 unspecified atom stereocenters. The predicted octanol–water partition coefficient (Wildman–Crippen LogP) is 3.33. The van der Waals surface area contributed by atoms with E-state index in [4.69, 9.17) is 14.2 Å². The van der Waals surface area contributed by atoms with Gasteiger partial charge in [-0.15, -0.1) is 0 Å². The van der Waals surface area contributed by atoms with Crippen LogP contribution >= 0.6 is 0 Å². The van der Waals surface area contributed by atoms with E-state index in [0.717, 1.165) is 0 Å². The first-order valence-corrected chi connectivity index (χ1v) is 8.91. The largest absolute Gasteiger partial charge is 0.496 e. The second-order valence-electron chi connectivity index (χ2n) is 6.03. The van der Waals surface area contributed by atoms with Crippen molar-refractivity contribution in [3.8, 4) is 11.5 Å². The van der Waals surface area contributed by atoms with Crippen LogP contribution in [-0.4, -0.2) is 36.6 Å². The van der Waals surface area contributed by atoms with Crippen molar-refractivity contribution in [1.29, 1.82) is 0 Å². The van der Waals surface area contributed by atoms with E-state index in [2.05, 4.69) is 5.32 Å². The van der Waals surface area contributed by atoms with Crippen LogP contribution in [0.3, 0.4) is 0 Å². The van der Waals surface area contributed by atoms with Crippen molar-refractivity contribution in [1.82, 2.24) is 0 Å². The quantitative estimate of drug-likeness (QED) is 0.280. The predicted molar refractivity (Wildman–Crippen MR) is 105 cm³/mol. The third-order valence-corrected chi connectivity index (χ3v) is 3.87. The van der Waals surface area contributed by atoms with E-state index in [1.165, 1.54) is 32.2 Å². The number of esters is 1. The SMILES string of the molecule is COc1ccc(NC(=O)[C@@H](C)OC(=O)CCCOc2ccccc2)c([N+](=O)[O-])c1. The van der Waals surface area contributed by atoms with Gasteiger partial charge in [-0.1, -0.05) is 18.2 Å². The number of hydrogen-bond acceptors (Lipinski definition) is 7. The number of benzene rings is 2. The minimum Gasteiger partial charge on any atom is -0.496 e. The van der Waals surface area contributed by atoms with Gasteiger partial charge >= 0.3 is 5.97 Å². The number of carbonyl (C=O) groups is 2. The van der Waals surface area contributed by atoms with Crippen molar-refractivity contribution in [3.05, 3.63) is 58.6 Å². The molecular formula is C20H22N2O7.